The number of benzene rings is 2. The summed E-state index contributed by atoms with van der Waals surface area (Å²) in [6, 6.07) is 16.2. The quantitative estimate of drug-likeness (QED) is 0.552. The van der Waals surface area contributed by atoms with Crippen molar-refractivity contribution in [1.82, 2.24) is 26.2 Å². The molecule has 3 atom stereocenters. The monoisotopic (exact) mass is 409 g/mol. The largest absolute Gasteiger partial charge is 0.497 e. The van der Waals surface area contributed by atoms with Crippen LogP contribution >= 0.6 is 0 Å². The lowest BCUT2D eigenvalue weighted by Crippen LogP contribution is -2.45. The number of ether oxygens (including phenoxy) is 1. The van der Waals surface area contributed by atoms with Crippen LogP contribution in [0, 0.1) is 0 Å². The molecule has 2 aliphatic heterocycles. The minimum Gasteiger partial charge on any atom is -0.497 e. The van der Waals surface area contributed by atoms with Crippen LogP contribution in [0.25, 0.3) is 0 Å². The zero-order chi connectivity index (χ0) is 21.1. The first kappa shape index (κ1) is 19.6. The van der Waals surface area contributed by atoms with E-state index < -0.39 is 12.3 Å². The Hall–Kier alpha value is -3.75. The number of carbonyl (C=O) groups is 3. The average Bonchev–Trinajstić information content (AvgIpc) is 3.25. The van der Waals surface area contributed by atoms with E-state index in [4.69, 9.17) is 4.74 Å². The van der Waals surface area contributed by atoms with Gasteiger partial charge >= 0.3 is 12.1 Å². The fraction of sp³-hybridized carbons (Fsp3) is 0.286. The molecule has 2 aromatic carbocycles. The second-order valence-electron chi connectivity index (χ2n) is 7.12. The highest BCUT2D eigenvalue weighted by Gasteiger charge is 2.45. The van der Waals surface area contributed by atoms with Gasteiger partial charge in [-0.15, -0.1) is 0 Å². The second-order valence-corrected chi connectivity index (χ2v) is 7.12. The van der Waals surface area contributed by atoms with Crippen LogP contribution in [0.1, 0.15) is 23.6 Å². The van der Waals surface area contributed by atoms with Crippen molar-refractivity contribution in [3.05, 3.63) is 65.7 Å². The standard InChI is InChI=1S/C21H23N5O4/c1-30-15-9-7-14(8-10-15)17(13-5-3-2-4-6-13)22-16(27)11-12-26-19-18(24-21(26)29)23-20(28)25-19/h2-10,17-19H,11-12H2,1H3,(H,22,27)(H,24,29)(H2,23,25,28). The molecular formula is C21H23N5O4. The van der Waals surface area contributed by atoms with Crippen LogP contribution in [-0.4, -0.2) is 48.9 Å². The number of rotatable bonds is 7. The highest BCUT2D eigenvalue weighted by Crippen LogP contribution is 2.24. The van der Waals surface area contributed by atoms with Gasteiger partial charge in [-0.25, -0.2) is 9.59 Å². The lowest BCUT2D eigenvalue weighted by Gasteiger charge is -2.23. The number of nitrogens with zero attached hydrogens (tertiary/aromatic N) is 1. The molecule has 2 heterocycles. The summed E-state index contributed by atoms with van der Waals surface area (Å²) in [5.74, 6) is 0.534. The molecule has 0 radical (unpaired) electrons. The van der Waals surface area contributed by atoms with Crippen LogP contribution in [-0.2, 0) is 4.79 Å². The van der Waals surface area contributed by atoms with Crippen molar-refractivity contribution in [2.45, 2.75) is 24.8 Å². The van der Waals surface area contributed by atoms with E-state index in [1.165, 1.54) is 4.90 Å². The Labute approximate surface area is 173 Å². The molecule has 156 valence electrons. The van der Waals surface area contributed by atoms with Crippen molar-refractivity contribution in [1.29, 1.82) is 0 Å². The molecule has 2 aromatic rings. The van der Waals surface area contributed by atoms with Crippen LogP contribution in [0.2, 0.25) is 0 Å². The molecule has 2 aliphatic rings. The van der Waals surface area contributed by atoms with Gasteiger partial charge in [-0.3, -0.25) is 9.69 Å². The first-order chi connectivity index (χ1) is 14.5. The topological polar surface area (TPSA) is 112 Å². The lowest BCUT2D eigenvalue weighted by molar-refractivity contribution is -0.121. The van der Waals surface area contributed by atoms with Crippen LogP contribution in [0.3, 0.4) is 0 Å². The number of urea groups is 2. The van der Waals surface area contributed by atoms with Crippen LogP contribution in [0.4, 0.5) is 9.59 Å². The van der Waals surface area contributed by atoms with Gasteiger partial charge in [-0.2, -0.15) is 0 Å². The Morgan fingerprint density at radius 3 is 2.43 bits per heavy atom. The predicted octanol–water partition coefficient (Wildman–Crippen LogP) is 1.28. The van der Waals surface area contributed by atoms with Gasteiger partial charge in [0.1, 0.15) is 18.1 Å². The van der Waals surface area contributed by atoms with Gasteiger partial charge in [0.2, 0.25) is 5.91 Å². The van der Waals surface area contributed by atoms with Crippen molar-refractivity contribution in [2.24, 2.45) is 0 Å². The number of methoxy groups -OCH3 is 1. The van der Waals surface area contributed by atoms with E-state index in [0.717, 1.165) is 16.9 Å². The zero-order valence-corrected chi connectivity index (χ0v) is 16.4. The van der Waals surface area contributed by atoms with Gasteiger partial charge in [-0.05, 0) is 23.3 Å². The number of carbonyl (C=O) groups excluding carboxylic acids is 3. The Kier molecular flexibility index (Phi) is 5.42. The third kappa shape index (κ3) is 4.00. The lowest BCUT2D eigenvalue weighted by atomic mass is 9.98. The van der Waals surface area contributed by atoms with E-state index in [0.29, 0.717) is 0 Å². The van der Waals surface area contributed by atoms with Crippen LogP contribution in [0.5, 0.6) is 5.75 Å². The molecular weight excluding hydrogens is 386 g/mol. The van der Waals surface area contributed by atoms with Crippen LogP contribution in [0.15, 0.2) is 54.6 Å². The second kappa shape index (κ2) is 8.32. The zero-order valence-electron chi connectivity index (χ0n) is 16.4. The minimum atomic E-state index is -0.496. The summed E-state index contributed by atoms with van der Waals surface area (Å²) in [5, 5.41) is 11.0. The molecule has 0 spiro atoms. The fourth-order valence-corrected chi connectivity index (χ4v) is 3.69. The summed E-state index contributed by atoms with van der Waals surface area (Å²) < 4.78 is 5.22. The van der Waals surface area contributed by atoms with Crippen molar-refractivity contribution in [2.75, 3.05) is 13.7 Å². The van der Waals surface area contributed by atoms with Gasteiger partial charge in [0.05, 0.1) is 13.2 Å². The number of nitrogens with one attached hydrogen (secondary N) is 4. The molecule has 0 aromatic heterocycles. The van der Waals surface area contributed by atoms with E-state index in [1.54, 1.807) is 7.11 Å². The van der Waals surface area contributed by atoms with Gasteiger partial charge in [0.15, 0.2) is 0 Å². The van der Waals surface area contributed by atoms with Gasteiger partial charge in [-0.1, -0.05) is 42.5 Å². The fourth-order valence-electron chi connectivity index (χ4n) is 3.69. The Bertz CT molecular complexity index is 934. The molecule has 0 aliphatic carbocycles. The molecule has 2 fully saturated rings. The SMILES string of the molecule is COc1ccc(C(NC(=O)CCN2C(=O)NC3NC(=O)NC32)c2ccccc2)cc1. The average molecular weight is 409 g/mol. The molecule has 0 saturated carbocycles. The summed E-state index contributed by atoms with van der Waals surface area (Å²) in [4.78, 5) is 37.8. The molecule has 0 bridgehead atoms. The Balaban J connectivity index is 1.44. The first-order valence-electron chi connectivity index (χ1n) is 9.67. The minimum absolute atomic E-state index is 0.103. The van der Waals surface area contributed by atoms with Gasteiger partial charge in [0, 0.05) is 13.0 Å². The summed E-state index contributed by atoms with van der Waals surface area (Å²) in [6.45, 7) is 0.185. The molecule has 4 rings (SSSR count). The van der Waals surface area contributed by atoms with Crippen molar-refractivity contribution in [3.8, 4) is 5.75 Å². The highest BCUT2D eigenvalue weighted by molar-refractivity contribution is 5.85. The highest BCUT2D eigenvalue weighted by atomic mass is 16.5. The molecule has 5 amide bonds. The van der Waals surface area contributed by atoms with Gasteiger partial charge in [0.25, 0.3) is 0 Å². The number of hydrogen-bond donors (Lipinski definition) is 4. The molecule has 4 N–H and O–H groups in total. The maximum atomic E-state index is 12.7. The first-order valence-corrected chi connectivity index (χ1v) is 9.67. The van der Waals surface area contributed by atoms with Crippen molar-refractivity contribution >= 4 is 18.0 Å². The van der Waals surface area contributed by atoms with Gasteiger partial charge < -0.3 is 26.0 Å². The maximum absolute atomic E-state index is 12.7. The molecule has 9 heteroatoms. The summed E-state index contributed by atoms with van der Waals surface area (Å²) in [5.41, 5.74) is 1.86. The molecule has 9 nitrogen and oxygen atoms in total. The summed E-state index contributed by atoms with van der Waals surface area (Å²) >= 11 is 0. The number of hydrogen-bond acceptors (Lipinski definition) is 4. The maximum Gasteiger partial charge on any atom is 0.320 e. The third-order valence-electron chi connectivity index (χ3n) is 5.22. The normalized spacial score (nSPS) is 20.6. The van der Waals surface area contributed by atoms with E-state index in [9.17, 15) is 14.4 Å². The predicted molar refractivity (Wildman–Crippen MR) is 109 cm³/mol. The molecule has 3 unspecified atom stereocenters. The number of amides is 5. The van der Waals surface area contributed by atoms with E-state index in [1.807, 2.05) is 54.6 Å². The summed E-state index contributed by atoms with van der Waals surface area (Å²) in [7, 11) is 1.60. The molecule has 30 heavy (non-hydrogen) atoms. The van der Waals surface area contributed by atoms with E-state index in [2.05, 4.69) is 21.3 Å². The van der Waals surface area contributed by atoms with Crippen molar-refractivity contribution < 1.29 is 19.1 Å². The smallest absolute Gasteiger partial charge is 0.320 e. The van der Waals surface area contributed by atoms with E-state index >= 15 is 0 Å². The van der Waals surface area contributed by atoms with E-state index in [-0.39, 0.29) is 37.0 Å². The molecule has 2 saturated heterocycles. The third-order valence-corrected chi connectivity index (χ3v) is 5.22. The van der Waals surface area contributed by atoms with Crippen molar-refractivity contribution in [3.63, 3.8) is 0 Å². The Morgan fingerprint density at radius 1 is 1.03 bits per heavy atom. The van der Waals surface area contributed by atoms with Crippen LogP contribution < -0.4 is 26.0 Å². The summed E-state index contributed by atoms with van der Waals surface area (Å²) in [6.07, 6.45) is -0.875. The Morgan fingerprint density at radius 2 is 1.73 bits per heavy atom. The number of fused-ring (bicyclic) bond motifs is 1.